The number of rotatable bonds is 5. The summed E-state index contributed by atoms with van der Waals surface area (Å²) in [5.74, 6) is -0.116. The first-order chi connectivity index (χ1) is 12.1. The first-order valence-electron chi connectivity index (χ1n) is 7.52. The molecule has 0 aliphatic heterocycles. The van der Waals surface area contributed by atoms with E-state index < -0.39 is 0 Å². The van der Waals surface area contributed by atoms with Crippen LogP contribution in [-0.4, -0.2) is 26.0 Å². The molecule has 1 amide bonds. The normalized spacial score (nSPS) is 10.9. The molecule has 0 spiro atoms. The molecule has 126 valence electrons. The number of phenols is 1. The number of nitrogens with one attached hydrogen (secondary N) is 1. The van der Waals surface area contributed by atoms with Gasteiger partial charge in [-0.25, -0.2) is 4.68 Å². The van der Waals surface area contributed by atoms with Crippen molar-refractivity contribution >= 4 is 40.3 Å². The molecule has 6 nitrogen and oxygen atoms in total. The zero-order valence-electron chi connectivity index (χ0n) is 13.1. The van der Waals surface area contributed by atoms with Gasteiger partial charge in [-0.05, 0) is 52.4 Å². The minimum atomic E-state index is -0.277. The number of phenolic OH excluding ortho intramolecular Hbond substituents is 1. The van der Waals surface area contributed by atoms with Crippen LogP contribution >= 0.6 is 22.6 Å². The molecular weight excluding hydrogens is 431 g/mol. The average Bonchev–Trinajstić information content (AvgIpc) is 3.04. The van der Waals surface area contributed by atoms with Crippen molar-refractivity contribution in [3.05, 3.63) is 75.6 Å². The van der Waals surface area contributed by atoms with Crippen LogP contribution in [0.3, 0.4) is 0 Å². The van der Waals surface area contributed by atoms with Crippen molar-refractivity contribution in [2.75, 3.05) is 5.32 Å². The van der Waals surface area contributed by atoms with Crippen LogP contribution in [0.2, 0.25) is 0 Å². The van der Waals surface area contributed by atoms with E-state index in [1.807, 2.05) is 52.9 Å². The Bertz CT molecular complexity index is 906. The standard InChI is InChI=1S/C18H15IN4O2/c19-16-10-15(24)7-8-17(16)20-18(25)9-6-14-12-23(22-21-14)11-13-4-2-1-3-5-13/h1-10,12,24H,11H2,(H,20,25). The maximum atomic E-state index is 12.0. The summed E-state index contributed by atoms with van der Waals surface area (Å²) in [6.45, 7) is 0.625. The average molecular weight is 446 g/mol. The summed E-state index contributed by atoms with van der Waals surface area (Å²) in [5.41, 5.74) is 2.37. The van der Waals surface area contributed by atoms with Crippen molar-refractivity contribution < 1.29 is 9.90 Å². The highest BCUT2D eigenvalue weighted by molar-refractivity contribution is 14.1. The predicted molar refractivity (Wildman–Crippen MR) is 104 cm³/mol. The highest BCUT2D eigenvalue weighted by Crippen LogP contribution is 2.22. The highest BCUT2D eigenvalue weighted by Gasteiger charge is 2.04. The fraction of sp³-hybridized carbons (Fsp3) is 0.0556. The molecule has 3 aromatic rings. The Labute approximate surface area is 158 Å². The molecule has 3 rings (SSSR count). The number of anilines is 1. The molecule has 2 N–H and O–H groups in total. The van der Waals surface area contributed by atoms with Gasteiger partial charge in [-0.1, -0.05) is 35.5 Å². The van der Waals surface area contributed by atoms with Crippen molar-refractivity contribution in [2.24, 2.45) is 0 Å². The Morgan fingerprint density at radius 1 is 1.24 bits per heavy atom. The van der Waals surface area contributed by atoms with E-state index in [4.69, 9.17) is 0 Å². The molecule has 0 radical (unpaired) electrons. The van der Waals surface area contributed by atoms with Crippen molar-refractivity contribution in [2.45, 2.75) is 6.54 Å². The SMILES string of the molecule is O=C(C=Cc1cn(Cc2ccccc2)nn1)Nc1ccc(O)cc1I. The second kappa shape index (κ2) is 7.93. The first kappa shape index (κ1) is 17.2. The fourth-order valence-electron chi connectivity index (χ4n) is 2.18. The summed E-state index contributed by atoms with van der Waals surface area (Å²) in [6.07, 6.45) is 4.79. The monoisotopic (exact) mass is 446 g/mol. The largest absolute Gasteiger partial charge is 0.508 e. The first-order valence-corrected chi connectivity index (χ1v) is 8.60. The summed E-state index contributed by atoms with van der Waals surface area (Å²) in [7, 11) is 0. The fourth-order valence-corrected chi connectivity index (χ4v) is 2.81. The molecule has 0 atom stereocenters. The molecule has 0 bridgehead atoms. The number of aromatic hydroxyl groups is 1. The van der Waals surface area contributed by atoms with Crippen LogP contribution in [-0.2, 0) is 11.3 Å². The highest BCUT2D eigenvalue weighted by atomic mass is 127. The topological polar surface area (TPSA) is 80.0 Å². The van der Waals surface area contributed by atoms with E-state index in [0.29, 0.717) is 17.9 Å². The van der Waals surface area contributed by atoms with Gasteiger partial charge >= 0.3 is 0 Å². The maximum Gasteiger partial charge on any atom is 0.248 e. The number of carbonyl (C=O) groups is 1. The van der Waals surface area contributed by atoms with Crippen molar-refractivity contribution in [1.29, 1.82) is 0 Å². The molecule has 25 heavy (non-hydrogen) atoms. The van der Waals surface area contributed by atoms with Gasteiger partial charge in [-0.3, -0.25) is 4.79 Å². The third-order valence-corrected chi connectivity index (χ3v) is 4.25. The van der Waals surface area contributed by atoms with Crippen molar-refractivity contribution in [3.8, 4) is 5.75 Å². The minimum Gasteiger partial charge on any atom is -0.508 e. The third kappa shape index (κ3) is 4.90. The van der Waals surface area contributed by atoms with Crippen LogP contribution in [0.15, 0.2) is 60.8 Å². The van der Waals surface area contributed by atoms with Crippen molar-refractivity contribution in [3.63, 3.8) is 0 Å². The van der Waals surface area contributed by atoms with Crippen LogP contribution in [0.25, 0.3) is 6.08 Å². The Balaban J connectivity index is 1.61. The van der Waals surface area contributed by atoms with E-state index in [9.17, 15) is 9.90 Å². The summed E-state index contributed by atoms with van der Waals surface area (Å²) < 4.78 is 2.48. The molecule has 0 unspecified atom stereocenters. The number of amides is 1. The third-order valence-electron chi connectivity index (χ3n) is 3.36. The van der Waals surface area contributed by atoms with Gasteiger partial charge in [-0.2, -0.15) is 0 Å². The second-order valence-electron chi connectivity index (χ2n) is 5.31. The number of aromatic nitrogens is 3. The molecule has 0 aliphatic carbocycles. The van der Waals surface area contributed by atoms with Crippen LogP contribution < -0.4 is 5.32 Å². The lowest BCUT2D eigenvalue weighted by atomic mass is 10.2. The molecule has 0 aliphatic rings. The zero-order valence-corrected chi connectivity index (χ0v) is 15.3. The second-order valence-corrected chi connectivity index (χ2v) is 6.48. The van der Waals surface area contributed by atoms with E-state index in [1.54, 1.807) is 29.1 Å². The maximum absolute atomic E-state index is 12.0. The van der Waals surface area contributed by atoms with Gasteiger partial charge in [0.05, 0.1) is 18.4 Å². The zero-order chi connectivity index (χ0) is 17.6. The van der Waals surface area contributed by atoms with Crippen LogP contribution in [0.1, 0.15) is 11.3 Å². The Kier molecular flexibility index (Phi) is 5.44. The number of halogens is 1. The quantitative estimate of drug-likeness (QED) is 0.358. The molecule has 0 saturated carbocycles. The van der Waals surface area contributed by atoms with Gasteiger partial charge in [-0.15, -0.1) is 5.10 Å². The molecule has 1 aromatic heterocycles. The number of benzene rings is 2. The Morgan fingerprint density at radius 2 is 2.04 bits per heavy atom. The number of nitrogens with zero attached hydrogens (tertiary/aromatic N) is 3. The van der Waals surface area contributed by atoms with Crippen LogP contribution in [0.5, 0.6) is 5.75 Å². The minimum absolute atomic E-state index is 0.160. The van der Waals surface area contributed by atoms with Gasteiger partial charge in [0.2, 0.25) is 5.91 Å². The predicted octanol–water partition coefficient (Wildman–Crippen LogP) is 3.29. The molecule has 0 saturated heterocycles. The van der Waals surface area contributed by atoms with Gasteiger partial charge in [0.1, 0.15) is 11.4 Å². The summed E-state index contributed by atoms with van der Waals surface area (Å²) in [4.78, 5) is 12.0. The molecule has 7 heteroatoms. The molecular formula is C18H15IN4O2. The van der Waals surface area contributed by atoms with Gasteiger partial charge < -0.3 is 10.4 Å². The van der Waals surface area contributed by atoms with E-state index in [1.165, 1.54) is 12.1 Å². The summed E-state index contributed by atoms with van der Waals surface area (Å²) in [6, 6.07) is 14.7. The van der Waals surface area contributed by atoms with Gasteiger partial charge in [0.15, 0.2) is 0 Å². The smallest absolute Gasteiger partial charge is 0.248 e. The van der Waals surface area contributed by atoms with Crippen LogP contribution in [0.4, 0.5) is 5.69 Å². The number of hydrogen-bond acceptors (Lipinski definition) is 4. The summed E-state index contributed by atoms with van der Waals surface area (Å²) >= 11 is 2.05. The van der Waals surface area contributed by atoms with E-state index >= 15 is 0 Å². The molecule has 1 heterocycles. The Morgan fingerprint density at radius 3 is 2.80 bits per heavy atom. The lowest BCUT2D eigenvalue weighted by Gasteiger charge is -2.05. The lowest BCUT2D eigenvalue weighted by molar-refractivity contribution is -0.111. The lowest BCUT2D eigenvalue weighted by Crippen LogP contribution is -2.08. The number of hydrogen-bond donors (Lipinski definition) is 2. The van der Waals surface area contributed by atoms with Crippen molar-refractivity contribution in [1.82, 2.24) is 15.0 Å². The molecule has 0 fully saturated rings. The van der Waals surface area contributed by atoms with Gasteiger partial charge in [0, 0.05) is 9.65 Å². The number of carbonyl (C=O) groups excluding carboxylic acids is 1. The van der Waals surface area contributed by atoms with E-state index in [0.717, 1.165) is 9.13 Å². The van der Waals surface area contributed by atoms with Crippen LogP contribution in [0, 0.1) is 3.57 Å². The van der Waals surface area contributed by atoms with E-state index in [2.05, 4.69) is 15.6 Å². The Hall–Kier alpha value is -2.68. The van der Waals surface area contributed by atoms with Gasteiger partial charge in [0.25, 0.3) is 0 Å². The summed E-state index contributed by atoms with van der Waals surface area (Å²) in [5, 5.41) is 20.2. The van der Waals surface area contributed by atoms with E-state index in [-0.39, 0.29) is 11.7 Å². The molecule has 2 aromatic carbocycles.